The summed E-state index contributed by atoms with van der Waals surface area (Å²) >= 11 is 12.1. The van der Waals surface area contributed by atoms with Crippen LogP contribution in [0.1, 0.15) is 12.8 Å². The molecule has 3 nitrogen and oxygen atoms in total. The summed E-state index contributed by atoms with van der Waals surface area (Å²) in [6, 6.07) is 7.40. The molecule has 110 valence electrons. The minimum atomic E-state index is 0.148. The molecule has 1 aliphatic carbocycles. The van der Waals surface area contributed by atoms with Gasteiger partial charge in [0.25, 0.3) is 0 Å². The van der Waals surface area contributed by atoms with E-state index >= 15 is 0 Å². The van der Waals surface area contributed by atoms with Gasteiger partial charge in [-0.1, -0.05) is 23.2 Å². The Bertz CT molecular complexity index is 636. The Kier molecular flexibility index (Phi) is 4.07. The van der Waals surface area contributed by atoms with E-state index in [1.807, 2.05) is 25.2 Å². The third-order valence-electron chi connectivity index (χ3n) is 3.81. The summed E-state index contributed by atoms with van der Waals surface area (Å²) in [4.78, 5) is 4.24. The lowest BCUT2D eigenvalue weighted by atomic mass is 10.1. The van der Waals surface area contributed by atoms with Gasteiger partial charge in [-0.15, -0.1) is 0 Å². The zero-order chi connectivity index (χ0) is 14.9. The molecule has 3 rings (SSSR count). The van der Waals surface area contributed by atoms with E-state index in [9.17, 15) is 0 Å². The summed E-state index contributed by atoms with van der Waals surface area (Å²) < 4.78 is 5.86. The average molecular weight is 323 g/mol. The van der Waals surface area contributed by atoms with Crippen LogP contribution < -0.4 is 10.1 Å². The molecular weight excluding hydrogens is 307 g/mol. The highest BCUT2D eigenvalue weighted by Crippen LogP contribution is 2.35. The summed E-state index contributed by atoms with van der Waals surface area (Å²) in [5, 5.41) is 4.52. The minimum absolute atomic E-state index is 0.148. The van der Waals surface area contributed by atoms with Gasteiger partial charge < -0.3 is 10.1 Å². The quantitative estimate of drug-likeness (QED) is 0.896. The summed E-state index contributed by atoms with van der Waals surface area (Å²) in [6.07, 6.45) is 5.81. The molecule has 1 aromatic carbocycles. The van der Waals surface area contributed by atoms with Gasteiger partial charge in [-0.2, -0.15) is 0 Å². The van der Waals surface area contributed by atoms with Crippen LogP contribution in [0.25, 0.3) is 11.1 Å². The van der Waals surface area contributed by atoms with E-state index in [4.69, 9.17) is 27.9 Å². The zero-order valence-corrected chi connectivity index (χ0v) is 13.2. The maximum atomic E-state index is 6.04. The monoisotopic (exact) mass is 322 g/mol. The van der Waals surface area contributed by atoms with Gasteiger partial charge in [0.15, 0.2) is 0 Å². The number of ether oxygens (including phenoxy) is 1. The van der Waals surface area contributed by atoms with Gasteiger partial charge in [0, 0.05) is 21.8 Å². The smallest absolute Gasteiger partial charge is 0.138 e. The number of pyridine rings is 1. The van der Waals surface area contributed by atoms with Crippen molar-refractivity contribution in [2.75, 3.05) is 13.7 Å². The Morgan fingerprint density at radius 2 is 1.81 bits per heavy atom. The van der Waals surface area contributed by atoms with E-state index < -0.39 is 0 Å². The molecule has 0 atom stereocenters. The Morgan fingerprint density at radius 1 is 1.10 bits per heavy atom. The summed E-state index contributed by atoms with van der Waals surface area (Å²) in [7, 11) is 1.97. The van der Waals surface area contributed by atoms with Crippen molar-refractivity contribution in [2.45, 2.75) is 18.4 Å². The van der Waals surface area contributed by atoms with Gasteiger partial charge in [0.2, 0.25) is 0 Å². The van der Waals surface area contributed by atoms with Crippen molar-refractivity contribution in [1.29, 1.82) is 0 Å². The van der Waals surface area contributed by atoms with Crippen LogP contribution in [0.2, 0.25) is 10.0 Å². The average Bonchev–Trinajstić information content (AvgIpc) is 3.25. The molecule has 1 aliphatic rings. The normalized spacial score (nSPS) is 15.8. The van der Waals surface area contributed by atoms with Crippen molar-refractivity contribution in [3.05, 3.63) is 46.7 Å². The molecule has 1 saturated carbocycles. The predicted octanol–water partition coefficient (Wildman–Crippen LogP) is 4.19. The molecule has 0 bridgehead atoms. The summed E-state index contributed by atoms with van der Waals surface area (Å²) in [5.74, 6) is 0.755. The highest BCUT2D eigenvalue weighted by atomic mass is 35.5. The van der Waals surface area contributed by atoms with Crippen molar-refractivity contribution in [2.24, 2.45) is 0 Å². The van der Waals surface area contributed by atoms with Crippen LogP contribution in [0.3, 0.4) is 0 Å². The van der Waals surface area contributed by atoms with Gasteiger partial charge >= 0.3 is 0 Å². The number of hydrogen-bond donors (Lipinski definition) is 1. The Labute approximate surface area is 134 Å². The third-order valence-corrected chi connectivity index (χ3v) is 4.24. The first-order valence-corrected chi connectivity index (χ1v) is 7.59. The van der Waals surface area contributed by atoms with Crippen molar-refractivity contribution in [1.82, 2.24) is 10.3 Å². The Balaban J connectivity index is 1.79. The van der Waals surface area contributed by atoms with Crippen LogP contribution in [0, 0.1) is 0 Å². The molecule has 2 aromatic rings. The molecule has 0 spiro atoms. The number of aromatic nitrogens is 1. The van der Waals surface area contributed by atoms with E-state index in [0.29, 0.717) is 16.7 Å². The Hall–Kier alpha value is -1.29. The molecule has 0 unspecified atom stereocenters. The van der Waals surface area contributed by atoms with Crippen molar-refractivity contribution >= 4 is 23.2 Å². The zero-order valence-electron chi connectivity index (χ0n) is 11.7. The van der Waals surface area contributed by atoms with Gasteiger partial charge in [-0.05, 0) is 49.7 Å². The van der Waals surface area contributed by atoms with E-state index in [2.05, 4.69) is 10.3 Å². The highest BCUT2D eigenvalue weighted by Gasteiger charge is 2.41. The first kappa shape index (κ1) is 14.6. The highest BCUT2D eigenvalue weighted by molar-refractivity contribution is 6.35. The maximum absolute atomic E-state index is 6.04. The number of nitrogens with zero attached hydrogens (tertiary/aromatic N) is 1. The van der Waals surface area contributed by atoms with Gasteiger partial charge in [-0.25, -0.2) is 0 Å². The van der Waals surface area contributed by atoms with Crippen LogP contribution in [0.5, 0.6) is 5.75 Å². The number of halogens is 2. The molecule has 0 saturated heterocycles. The fourth-order valence-corrected chi connectivity index (χ4v) is 2.74. The lowest BCUT2D eigenvalue weighted by molar-refractivity contribution is 0.259. The molecule has 1 N–H and O–H groups in total. The maximum Gasteiger partial charge on any atom is 0.138 e. The number of nitrogens with one attached hydrogen (secondary N) is 1. The molecule has 0 radical (unpaired) electrons. The van der Waals surface area contributed by atoms with E-state index in [0.717, 1.165) is 29.7 Å². The van der Waals surface area contributed by atoms with E-state index in [1.54, 1.807) is 18.5 Å². The number of hydrogen-bond acceptors (Lipinski definition) is 3. The topological polar surface area (TPSA) is 34.1 Å². The van der Waals surface area contributed by atoms with Crippen molar-refractivity contribution < 1.29 is 4.74 Å². The summed E-state index contributed by atoms with van der Waals surface area (Å²) in [6.45, 7) is 0.658. The first-order valence-electron chi connectivity index (χ1n) is 6.83. The molecule has 5 heteroatoms. The second-order valence-corrected chi connectivity index (χ2v) is 6.26. The standard InChI is InChI=1S/C16H16Cl2N2O/c1-19-16(2-3-16)10-21-15-6-12(8-20-9-15)11-4-13(17)7-14(18)5-11/h4-9,19H,2-3,10H2,1H3. The van der Waals surface area contributed by atoms with Crippen LogP contribution >= 0.6 is 23.2 Å². The minimum Gasteiger partial charge on any atom is -0.490 e. The van der Waals surface area contributed by atoms with Gasteiger partial charge in [0.1, 0.15) is 12.4 Å². The molecule has 21 heavy (non-hydrogen) atoms. The lowest BCUT2D eigenvalue weighted by Crippen LogP contribution is -2.33. The van der Waals surface area contributed by atoms with Crippen molar-refractivity contribution in [3.63, 3.8) is 0 Å². The van der Waals surface area contributed by atoms with Gasteiger partial charge in [-0.3, -0.25) is 4.98 Å². The third kappa shape index (κ3) is 3.49. The van der Waals surface area contributed by atoms with Crippen molar-refractivity contribution in [3.8, 4) is 16.9 Å². The van der Waals surface area contributed by atoms with Gasteiger partial charge in [0.05, 0.1) is 11.7 Å². The van der Waals surface area contributed by atoms with Crippen LogP contribution in [0.15, 0.2) is 36.7 Å². The Morgan fingerprint density at radius 3 is 2.43 bits per heavy atom. The van der Waals surface area contributed by atoms with E-state index in [1.165, 1.54) is 0 Å². The van der Waals surface area contributed by atoms with E-state index in [-0.39, 0.29) is 5.54 Å². The predicted molar refractivity (Wildman–Crippen MR) is 86.2 cm³/mol. The number of likely N-dealkylation sites (N-methyl/N-ethyl adjacent to an activating group) is 1. The second kappa shape index (κ2) is 5.84. The fourth-order valence-electron chi connectivity index (χ4n) is 2.22. The van der Waals surface area contributed by atoms with Crippen LogP contribution in [0.4, 0.5) is 0 Å². The largest absolute Gasteiger partial charge is 0.490 e. The molecule has 1 heterocycles. The first-order chi connectivity index (χ1) is 10.1. The fraction of sp³-hybridized carbons (Fsp3) is 0.312. The van der Waals surface area contributed by atoms with Crippen LogP contribution in [-0.2, 0) is 0 Å². The lowest BCUT2D eigenvalue weighted by Gasteiger charge is -2.15. The number of rotatable bonds is 5. The molecule has 0 aliphatic heterocycles. The molecule has 1 aromatic heterocycles. The molecule has 1 fully saturated rings. The molecular formula is C16H16Cl2N2O. The van der Waals surface area contributed by atoms with Crippen LogP contribution in [-0.4, -0.2) is 24.2 Å². The summed E-state index contributed by atoms with van der Waals surface area (Å²) in [5.41, 5.74) is 2.02. The molecule has 0 amide bonds. The number of benzene rings is 1. The second-order valence-electron chi connectivity index (χ2n) is 5.39. The SMILES string of the molecule is CNC1(COc2cncc(-c3cc(Cl)cc(Cl)c3)c2)CC1.